The van der Waals surface area contributed by atoms with Gasteiger partial charge in [-0.15, -0.1) is 0 Å². The van der Waals surface area contributed by atoms with Gasteiger partial charge in [0.1, 0.15) is 0 Å². The number of alkyl halides is 1. The molecule has 0 saturated heterocycles. The molecular formula is C3H7ClO5S. The van der Waals surface area contributed by atoms with Gasteiger partial charge in [0, 0.05) is 6.42 Å². The second-order valence-corrected chi connectivity index (χ2v) is 3.93. The van der Waals surface area contributed by atoms with Gasteiger partial charge >= 0.3 is 0 Å². The van der Waals surface area contributed by atoms with E-state index in [0.29, 0.717) is 0 Å². The Morgan fingerprint density at radius 1 is 1.40 bits per heavy atom. The van der Waals surface area contributed by atoms with Gasteiger partial charge in [-0.05, 0) is 0 Å². The number of hydrogen-bond donors (Lipinski definition) is 3. The Kier molecular flexibility index (Phi) is 3.05. The zero-order chi connectivity index (χ0) is 8.41. The molecule has 0 unspecified atom stereocenters. The van der Waals surface area contributed by atoms with E-state index >= 15 is 0 Å². The molecule has 62 valence electrons. The summed E-state index contributed by atoms with van der Waals surface area (Å²) in [7, 11) is -4.16. The van der Waals surface area contributed by atoms with Crippen LogP contribution in [-0.2, 0) is 10.1 Å². The highest BCUT2D eigenvalue weighted by Gasteiger charge is 2.21. The lowest BCUT2D eigenvalue weighted by Crippen LogP contribution is -2.23. The molecule has 0 radical (unpaired) electrons. The van der Waals surface area contributed by atoms with Crippen LogP contribution in [0.1, 0.15) is 6.42 Å². The van der Waals surface area contributed by atoms with Gasteiger partial charge < -0.3 is 10.2 Å². The van der Waals surface area contributed by atoms with E-state index in [0.717, 1.165) is 0 Å². The van der Waals surface area contributed by atoms with Gasteiger partial charge in [-0.2, -0.15) is 8.42 Å². The van der Waals surface area contributed by atoms with Crippen molar-refractivity contribution in [1.29, 1.82) is 0 Å². The summed E-state index contributed by atoms with van der Waals surface area (Å²) in [4.78, 5) is 0. The molecule has 0 rings (SSSR count). The molecule has 0 amide bonds. The number of hydrogen-bond acceptors (Lipinski definition) is 4. The van der Waals surface area contributed by atoms with E-state index in [9.17, 15) is 8.42 Å². The molecular weight excluding hydrogens is 184 g/mol. The smallest absolute Gasteiger partial charge is 0.265 e. The highest BCUT2D eigenvalue weighted by Crippen LogP contribution is 2.11. The normalized spacial score (nSPS) is 13.6. The zero-order valence-corrected chi connectivity index (χ0v) is 6.43. The first-order chi connectivity index (χ1) is 4.21. The largest absolute Gasteiger partial charge is 0.353 e. The van der Waals surface area contributed by atoms with Crippen LogP contribution >= 0.6 is 11.6 Å². The highest BCUT2D eigenvalue weighted by atomic mass is 35.5. The number of halogens is 1. The fourth-order valence-corrected chi connectivity index (χ4v) is 1.01. The van der Waals surface area contributed by atoms with Gasteiger partial charge in [0.05, 0.1) is 5.75 Å². The Labute approximate surface area is 63.0 Å². The molecule has 5 nitrogen and oxygen atoms in total. The average Bonchev–Trinajstić information content (AvgIpc) is 1.57. The van der Waals surface area contributed by atoms with Crippen molar-refractivity contribution in [2.24, 2.45) is 0 Å². The lowest BCUT2D eigenvalue weighted by atomic mass is 10.5. The summed E-state index contributed by atoms with van der Waals surface area (Å²) in [6.45, 7) is 0. The van der Waals surface area contributed by atoms with Crippen molar-refractivity contribution >= 4 is 21.7 Å². The number of aliphatic hydroxyl groups is 2. The minimum absolute atomic E-state index is 0.632. The molecule has 7 heteroatoms. The summed E-state index contributed by atoms with van der Waals surface area (Å²) in [5, 5.41) is 14.1. The Hall–Kier alpha value is 0.120. The van der Waals surface area contributed by atoms with Crippen LogP contribution in [0.5, 0.6) is 0 Å². The fourth-order valence-electron chi connectivity index (χ4n) is 0.259. The average molecular weight is 191 g/mol. The Bertz CT molecular complexity index is 189. The molecule has 0 aromatic carbocycles. The second-order valence-electron chi connectivity index (χ2n) is 1.75. The SMILES string of the molecule is O=S(=O)(O)CCC(O)(O)Cl. The van der Waals surface area contributed by atoms with Crippen LogP contribution in [0.3, 0.4) is 0 Å². The van der Waals surface area contributed by atoms with Crippen LogP contribution in [0.4, 0.5) is 0 Å². The van der Waals surface area contributed by atoms with E-state index in [1.807, 2.05) is 0 Å². The fraction of sp³-hybridized carbons (Fsp3) is 1.00. The Morgan fingerprint density at radius 3 is 1.90 bits per heavy atom. The van der Waals surface area contributed by atoms with Crippen LogP contribution in [0.2, 0.25) is 0 Å². The molecule has 0 aliphatic heterocycles. The van der Waals surface area contributed by atoms with Crippen molar-refractivity contribution in [3.05, 3.63) is 0 Å². The summed E-state index contributed by atoms with van der Waals surface area (Å²) in [5.74, 6) is -0.774. The van der Waals surface area contributed by atoms with Gasteiger partial charge in [-0.3, -0.25) is 4.55 Å². The molecule has 3 N–H and O–H groups in total. The highest BCUT2D eigenvalue weighted by molar-refractivity contribution is 7.85. The van der Waals surface area contributed by atoms with Gasteiger partial charge in [0.2, 0.25) is 5.25 Å². The van der Waals surface area contributed by atoms with Crippen LogP contribution < -0.4 is 0 Å². The van der Waals surface area contributed by atoms with Gasteiger partial charge in [0.25, 0.3) is 10.1 Å². The van der Waals surface area contributed by atoms with Crippen molar-refractivity contribution < 1.29 is 23.2 Å². The van der Waals surface area contributed by atoms with E-state index < -0.39 is 27.5 Å². The molecule has 10 heavy (non-hydrogen) atoms. The lowest BCUT2D eigenvalue weighted by Gasteiger charge is -2.10. The van der Waals surface area contributed by atoms with Crippen molar-refractivity contribution in [3.8, 4) is 0 Å². The molecule has 0 atom stereocenters. The van der Waals surface area contributed by atoms with E-state index in [1.54, 1.807) is 0 Å². The van der Waals surface area contributed by atoms with Gasteiger partial charge in [-0.25, -0.2) is 0 Å². The monoisotopic (exact) mass is 190 g/mol. The summed E-state index contributed by atoms with van der Waals surface area (Å²) >= 11 is 4.77. The minimum atomic E-state index is -4.16. The minimum Gasteiger partial charge on any atom is -0.353 e. The Morgan fingerprint density at radius 2 is 1.80 bits per heavy atom. The van der Waals surface area contributed by atoms with E-state index in [-0.39, 0.29) is 0 Å². The molecule has 0 heterocycles. The summed E-state index contributed by atoms with van der Waals surface area (Å²) in [6.07, 6.45) is -0.632. The third-order valence-electron chi connectivity index (χ3n) is 0.678. The predicted molar refractivity (Wildman–Crippen MR) is 34.1 cm³/mol. The summed E-state index contributed by atoms with van der Waals surface area (Å²) < 4.78 is 28.0. The first kappa shape index (κ1) is 10.1. The van der Waals surface area contributed by atoms with Crippen LogP contribution in [0.15, 0.2) is 0 Å². The topological polar surface area (TPSA) is 94.8 Å². The summed E-state index contributed by atoms with van der Waals surface area (Å²) in [6, 6.07) is 0. The second kappa shape index (κ2) is 3.02. The molecule has 0 bridgehead atoms. The molecule has 0 aliphatic carbocycles. The van der Waals surface area contributed by atoms with Crippen molar-refractivity contribution in [2.45, 2.75) is 11.7 Å². The number of rotatable bonds is 3. The van der Waals surface area contributed by atoms with Crippen LogP contribution in [0, 0.1) is 0 Å². The van der Waals surface area contributed by atoms with Crippen LogP contribution in [0.25, 0.3) is 0 Å². The van der Waals surface area contributed by atoms with Crippen molar-refractivity contribution in [1.82, 2.24) is 0 Å². The molecule has 0 aromatic rings. The molecule has 0 aromatic heterocycles. The first-order valence-electron chi connectivity index (χ1n) is 2.29. The van der Waals surface area contributed by atoms with Crippen LogP contribution in [-0.4, -0.2) is 34.2 Å². The van der Waals surface area contributed by atoms with Gasteiger partial charge in [-0.1, -0.05) is 11.6 Å². The summed E-state index contributed by atoms with van der Waals surface area (Å²) in [5.41, 5.74) is 0. The molecule has 0 aliphatic rings. The maximum Gasteiger partial charge on any atom is 0.265 e. The van der Waals surface area contributed by atoms with E-state index in [4.69, 9.17) is 26.4 Å². The quantitative estimate of drug-likeness (QED) is 0.306. The zero-order valence-electron chi connectivity index (χ0n) is 4.86. The molecule has 0 saturated carbocycles. The molecule has 0 spiro atoms. The third kappa shape index (κ3) is 8.12. The van der Waals surface area contributed by atoms with E-state index in [1.165, 1.54) is 0 Å². The molecule has 0 fully saturated rings. The maximum atomic E-state index is 9.95. The van der Waals surface area contributed by atoms with Crippen molar-refractivity contribution in [2.75, 3.05) is 5.75 Å². The lowest BCUT2D eigenvalue weighted by molar-refractivity contribution is -0.0853. The third-order valence-corrected chi connectivity index (χ3v) is 1.59. The standard InChI is InChI=1S/C3H7ClO5S/c4-3(5,6)1-2-10(7,8)9/h5-6H,1-2H2,(H,7,8,9). The van der Waals surface area contributed by atoms with Crippen molar-refractivity contribution in [3.63, 3.8) is 0 Å². The maximum absolute atomic E-state index is 9.95. The predicted octanol–water partition coefficient (Wildman–Crippen LogP) is -0.859. The van der Waals surface area contributed by atoms with E-state index in [2.05, 4.69) is 0 Å². The van der Waals surface area contributed by atoms with Gasteiger partial charge in [0.15, 0.2) is 0 Å². The first-order valence-corrected chi connectivity index (χ1v) is 4.28. The Balaban J connectivity index is 3.79.